The summed E-state index contributed by atoms with van der Waals surface area (Å²) in [5, 5.41) is 9.08. The Bertz CT molecular complexity index is 400. The number of carboxylic acid groups (broad SMARTS) is 1. The second kappa shape index (κ2) is 6.97. The van der Waals surface area contributed by atoms with Crippen LogP contribution in [0.2, 0.25) is 0 Å². The molecule has 1 unspecified atom stereocenters. The first-order valence-electron chi connectivity index (χ1n) is 6.26. The van der Waals surface area contributed by atoms with Crippen LogP contribution in [0.1, 0.15) is 25.3 Å². The van der Waals surface area contributed by atoms with Crippen LogP contribution < -0.4 is 5.73 Å². The molecule has 0 amide bonds. The van der Waals surface area contributed by atoms with Gasteiger partial charge in [0.1, 0.15) is 0 Å². The molecule has 18 heavy (non-hydrogen) atoms. The second-order valence-corrected chi connectivity index (χ2v) is 4.62. The van der Waals surface area contributed by atoms with Crippen molar-refractivity contribution in [2.45, 2.75) is 32.2 Å². The van der Waals surface area contributed by atoms with Crippen LogP contribution in [0.15, 0.2) is 42.5 Å². The van der Waals surface area contributed by atoms with E-state index in [0.29, 0.717) is 12.8 Å². The van der Waals surface area contributed by atoms with Crippen molar-refractivity contribution in [1.82, 2.24) is 0 Å². The normalized spacial score (nSPS) is 13.9. The molecule has 0 aliphatic heterocycles. The SMILES string of the molecule is C=C(C(=O)O)C(Cc1ccccc1)C[C@H](N)CC. The predicted octanol–water partition coefficient (Wildman–Crippen LogP) is 2.61. The maximum Gasteiger partial charge on any atom is 0.331 e. The molecule has 0 spiro atoms. The van der Waals surface area contributed by atoms with Crippen molar-refractivity contribution in [3.63, 3.8) is 0 Å². The topological polar surface area (TPSA) is 63.3 Å². The molecule has 0 aliphatic carbocycles. The fraction of sp³-hybridized carbons (Fsp3) is 0.400. The number of benzene rings is 1. The highest BCUT2D eigenvalue weighted by Crippen LogP contribution is 2.22. The van der Waals surface area contributed by atoms with E-state index < -0.39 is 5.97 Å². The molecular weight excluding hydrogens is 226 g/mol. The molecule has 3 N–H and O–H groups in total. The lowest BCUT2D eigenvalue weighted by Crippen LogP contribution is -2.26. The van der Waals surface area contributed by atoms with E-state index in [1.807, 2.05) is 37.3 Å². The van der Waals surface area contributed by atoms with Crippen LogP contribution in [-0.2, 0) is 11.2 Å². The average Bonchev–Trinajstić information content (AvgIpc) is 2.38. The fourth-order valence-electron chi connectivity index (χ4n) is 1.95. The zero-order chi connectivity index (χ0) is 13.5. The van der Waals surface area contributed by atoms with Crippen LogP contribution in [0, 0.1) is 5.92 Å². The predicted molar refractivity (Wildman–Crippen MR) is 73.3 cm³/mol. The Balaban J connectivity index is 2.77. The third kappa shape index (κ3) is 4.34. The number of carboxylic acids is 1. The molecule has 3 nitrogen and oxygen atoms in total. The summed E-state index contributed by atoms with van der Waals surface area (Å²) in [5.74, 6) is -1.03. The second-order valence-electron chi connectivity index (χ2n) is 4.62. The number of nitrogens with two attached hydrogens (primary N) is 1. The van der Waals surface area contributed by atoms with E-state index in [1.54, 1.807) is 0 Å². The van der Waals surface area contributed by atoms with Crippen LogP contribution in [0.5, 0.6) is 0 Å². The third-order valence-electron chi connectivity index (χ3n) is 3.20. The lowest BCUT2D eigenvalue weighted by atomic mass is 9.86. The summed E-state index contributed by atoms with van der Waals surface area (Å²) in [6.07, 6.45) is 2.19. The van der Waals surface area contributed by atoms with Gasteiger partial charge >= 0.3 is 5.97 Å². The summed E-state index contributed by atoms with van der Waals surface area (Å²) >= 11 is 0. The quantitative estimate of drug-likeness (QED) is 0.728. The number of hydrogen-bond donors (Lipinski definition) is 2. The first-order chi connectivity index (χ1) is 8.54. The summed E-state index contributed by atoms with van der Waals surface area (Å²) in [6.45, 7) is 5.69. The minimum absolute atomic E-state index is 0.0230. The van der Waals surface area contributed by atoms with E-state index in [9.17, 15) is 4.79 Å². The van der Waals surface area contributed by atoms with Gasteiger partial charge in [0.2, 0.25) is 0 Å². The summed E-state index contributed by atoms with van der Waals surface area (Å²) in [5.41, 5.74) is 7.30. The van der Waals surface area contributed by atoms with Crippen molar-refractivity contribution in [2.24, 2.45) is 11.7 Å². The van der Waals surface area contributed by atoms with Crippen molar-refractivity contribution in [2.75, 3.05) is 0 Å². The van der Waals surface area contributed by atoms with Crippen LogP contribution >= 0.6 is 0 Å². The zero-order valence-electron chi connectivity index (χ0n) is 10.8. The molecule has 0 fully saturated rings. The minimum Gasteiger partial charge on any atom is -0.478 e. The number of aliphatic carboxylic acids is 1. The molecule has 0 heterocycles. The molecule has 0 saturated carbocycles. The van der Waals surface area contributed by atoms with Gasteiger partial charge in [-0.05, 0) is 30.7 Å². The third-order valence-corrected chi connectivity index (χ3v) is 3.20. The molecule has 0 aromatic heterocycles. The van der Waals surface area contributed by atoms with Gasteiger partial charge in [-0.3, -0.25) is 0 Å². The highest BCUT2D eigenvalue weighted by Gasteiger charge is 2.21. The monoisotopic (exact) mass is 247 g/mol. The van der Waals surface area contributed by atoms with Crippen molar-refractivity contribution in [3.05, 3.63) is 48.0 Å². The summed E-state index contributed by atoms with van der Waals surface area (Å²) < 4.78 is 0. The minimum atomic E-state index is -0.931. The van der Waals surface area contributed by atoms with Crippen molar-refractivity contribution in [1.29, 1.82) is 0 Å². The van der Waals surface area contributed by atoms with Crippen LogP contribution in [-0.4, -0.2) is 17.1 Å². The molecule has 0 saturated heterocycles. The molecular formula is C15H21NO2. The Hall–Kier alpha value is -1.61. The largest absolute Gasteiger partial charge is 0.478 e. The van der Waals surface area contributed by atoms with Crippen LogP contribution in [0.4, 0.5) is 0 Å². The number of hydrogen-bond acceptors (Lipinski definition) is 2. The average molecular weight is 247 g/mol. The molecule has 0 aliphatic rings. The van der Waals surface area contributed by atoms with Crippen molar-refractivity contribution < 1.29 is 9.90 Å². The van der Waals surface area contributed by atoms with Gasteiger partial charge in [-0.1, -0.05) is 43.8 Å². The van der Waals surface area contributed by atoms with E-state index in [0.717, 1.165) is 12.0 Å². The standard InChI is InChI=1S/C15H21NO2/c1-3-14(16)10-13(11(2)15(17)18)9-12-7-5-4-6-8-12/h4-8,13-14H,2-3,9-10,16H2,1H3,(H,17,18)/t13?,14-/m1/s1. The van der Waals surface area contributed by atoms with Gasteiger partial charge in [-0.2, -0.15) is 0 Å². The van der Waals surface area contributed by atoms with E-state index >= 15 is 0 Å². The van der Waals surface area contributed by atoms with E-state index in [2.05, 4.69) is 6.58 Å². The lowest BCUT2D eigenvalue weighted by Gasteiger charge is -2.20. The van der Waals surface area contributed by atoms with Gasteiger partial charge in [0.05, 0.1) is 0 Å². The Kier molecular flexibility index (Phi) is 5.59. The summed E-state index contributed by atoms with van der Waals surface area (Å²) in [7, 11) is 0. The highest BCUT2D eigenvalue weighted by atomic mass is 16.4. The van der Waals surface area contributed by atoms with Gasteiger partial charge in [-0.15, -0.1) is 0 Å². The number of carbonyl (C=O) groups is 1. The molecule has 1 aromatic carbocycles. The zero-order valence-corrected chi connectivity index (χ0v) is 10.8. The molecule has 2 atom stereocenters. The number of rotatable bonds is 7. The maximum absolute atomic E-state index is 11.1. The molecule has 3 heteroatoms. The maximum atomic E-state index is 11.1. The Morgan fingerprint density at radius 1 is 1.39 bits per heavy atom. The highest BCUT2D eigenvalue weighted by molar-refractivity contribution is 5.86. The van der Waals surface area contributed by atoms with Gasteiger partial charge in [0.15, 0.2) is 0 Å². The molecule has 0 bridgehead atoms. The van der Waals surface area contributed by atoms with Gasteiger partial charge in [-0.25, -0.2) is 4.79 Å². The Morgan fingerprint density at radius 3 is 2.50 bits per heavy atom. The van der Waals surface area contributed by atoms with Crippen molar-refractivity contribution in [3.8, 4) is 0 Å². The molecule has 0 radical (unpaired) electrons. The first kappa shape index (κ1) is 14.5. The van der Waals surface area contributed by atoms with Crippen molar-refractivity contribution >= 4 is 5.97 Å². The van der Waals surface area contributed by atoms with Crippen LogP contribution in [0.3, 0.4) is 0 Å². The summed E-state index contributed by atoms with van der Waals surface area (Å²) in [4.78, 5) is 11.1. The first-order valence-corrected chi connectivity index (χ1v) is 6.26. The Labute approximate surface area is 108 Å². The van der Waals surface area contributed by atoms with Crippen LogP contribution in [0.25, 0.3) is 0 Å². The molecule has 98 valence electrons. The molecule has 1 rings (SSSR count). The van der Waals surface area contributed by atoms with Gasteiger partial charge < -0.3 is 10.8 Å². The fourth-order valence-corrected chi connectivity index (χ4v) is 1.95. The molecule has 1 aromatic rings. The smallest absolute Gasteiger partial charge is 0.331 e. The van der Waals surface area contributed by atoms with E-state index in [4.69, 9.17) is 10.8 Å². The van der Waals surface area contributed by atoms with E-state index in [-0.39, 0.29) is 17.5 Å². The van der Waals surface area contributed by atoms with Gasteiger partial charge in [0, 0.05) is 11.6 Å². The Morgan fingerprint density at radius 2 is 2.00 bits per heavy atom. The summed E-state index contributed by atoms with van der Waals surface area (Å²) in [6, 6.07) is 9.88. The van der Waals surface area contributed by atoms with E-state index in [1.165, 1.54) is 0 Å². The van der Waals surface area contributed by atoms with Gasteiger partial charge in [0.25, 0.3) is 0 Å². The lowest BCUT2D eigenvalue weighted by molar-refractivity contribution is -0.133.